The molecule has 1 atom stereocenters. The topological polar surface area (TPSA) is 75.4 Å². The number of hydrogen-bond acceptors (Lipinski definition) is 3. The molecule has 0 heterocycles. The third-order valence-electron chi connectivity index (χ3n) is 2.39. The number of carbonyl (C=O) groups is 1. The van der Waals surface area contributed by atoms with Crippen LogP contribution in [0.1, 0.15) is 39.5 Å². The maximum atomic E-state index is 10.6. The zero-order valence-electron chi connectivity index (χ0n) is 10.8. The lowest BCUT2D eigenvalue weighted by atomic mass is 10.1. The number of rotatable bonds is 8. The minimum atomic E-state index is -0.695. The third kappa shape index (κ3) is 11.1. The van der Waals surface area contributed by atoms with Gasteiger partial charge in [-0.3, -0.25) is 4.79 Å². The van der Waals surface area contributed by atoms with Crippen LogP contribution in [-0.2, 0) is 4.79 Å². The highest BCUT2D eigenvalue weighted by molar-refractivity contribution is 5.72. The maximum Gasteiger partial charge on any atom is 0.217 e. The molecule has 0 aromatic rings. The van der Waals surface area contributed by atoms with Crippen LogP contribution in [0, 0.1) is 0 Å². The molecule has 0 aromatic heterocycles. The van der Waals surface area contributed by atoms with E-state index in [4.69, 9.17) is 10.8 Å². The zero-order valence-corrected chi connectivity index (χ0v) is 10.8. The summed E-state index contributed by atoms with van der Waals surface area (Å²) in [6.45, 7) is 4.06. The summed E-state index contributed by atoms with van der Waals surface area (Å²) in [6, 6.07) is 0. The van der Waals surface area contributed by atoms with Crippen molar-refractivity contribution in [2.75, 3.05) is 6.54 Å². The van der Waals surface area contributed by atoms with Crippen LogP contribution >= 0.6 is 0 Å². The third-order valence-corrected chi connectivity index (χ3v) is 2.39. The summed E-state index contributed by atoms with van der Waals surface area (Å²) >= 11 is 0. The summed E-state index contributed by atoms with van der Waals surface area (Å²) in [5.74, 6) is -0.0198. The highest BCUT2D eigenvalue weighted by Crippen LogP contribution is 2.10. The normalized spacial score (nSPS) is 14.0. The molecule has 1 amide bonds. The Balaban J connectivity index is 3.73. The van der Waals surface area contributed by atoms with Crippen LogP contribution in [0.3, 0.4) is 0 Å². The van der Waals surface area contributed by atoms with Crippen molar-refractivity contribution in [1.82, 2.24) is 5.32 Å². The van der Waals surface area contributed by atoms with Gasteiger partial charge in [0.05, 0.1) is 0 Å². The van der Waals surface area contributed by atoms with Crippen LogP contribution < -0.4 is 11.1 Å². The van der Waals surface area contributed by atoms with Gasteiger partial charge in [-0.1, -0.05) is 23.8 Å². The number of nitrogens with one attached hydrogen (secondary N) is 1. The summed E-state index contributed by atoms with van der Waals surface area (Å²) < 4.78 is 0. The number of aliphatic hydroxyl groups excluding tert-OH is 1. The first-order chi connectivity index (χ1) is 8.06. The molecular formula is C13H24N2O2. The summed E-state index contributed by atoms with van der Waals surface area (Å²) in [5.41, 5.74) is 6.49. The second-order valence-corrected chi connectivity index (χ2v) is 4.02. The molecule has 0 aliphatic rings. The first-order valence-corrected chi connectivity index (χ1v) is 6.06. The van der Waals surface area contributed by atoms with Crippen LogP contribution in [0.2, 0.25) is 0 Å². The monoisotopic (exact) mass is 240 g/mol. The first kappa shape index (κ1) is 15.9. The van der Waals surface area contributed by atoms with Crippen LogP contribution in [0.4, 0.5) is 0 Å². The molecule has 0 spiro atoms. The zero-order chi connectivity index (χ0) is 13.1. The summed E-state index contributed by atoms with van der Waals surface area (Å²) in [7, 11) is 0. The molecule has 98 valence electrons. The van der Waals surface area contributed by atoms with E-state index in [1.165, 1.54) is 12.5 Å². The fourth-order valence-electron chi connectivity index (χ4n) is 1.42. The van der Waals surface area contributed by atoms with Gasteiger partial charge in [0.25, 0.3) is 0 Å². The Labute approximate surface area is 104 Å². The second-order valence-electron chi connectivity index (χ2n) is 4.02. The van der Waals surface area contributed by atoms with Gasteiger partial charge in [0, 0.05) is 13.5 Å². The van der Waals surface area contributed by atoms with E-state index < -0.39 is 6.23 Å². The molecule has 0 radical (unpaired) electrons. The largest absolute Gasteiger partial charge is 0.379 e. The van der Waals surface area contributed by atoms with Crippen molar-refractivity contribution in [1.29, 1.82) is 0 Å². The number of allylic oxidation sites excluding steroid dienone is 3. The van der Waals surface area contributed by atoms with Gasteiger partial charge >= 0.3 is 0 Å². The number of aliphatic hydroxyl groups is 1. The maximum absolute atomic E-state index is 10.6. The van der Waals surface area contributed by atoms with Gasteiger partial charge in [-0.15, -0.1) is 0 Å². The van der Waals surface area contributed by atoms with E-state index >= 15 is 0 Å². The second kappa shape index (κ2) is 10.1. The van der Waals surface area contributed by atoms with Gasteiger partial charge in [0.1, 0.15) is 6.23 Å². The molecule has 0 aliphatic carbocycles. The lowest BCUT2D eigenvalue weighted by molar-refractivity contribution is -0.118. The van der Waals surface area contributed by atoms with Crippen LogP contribution in [-0.4, -0.2) is 23.8 Å². The average Bonchev–Trinajstić information content (AvgIpc) is 2.26. The summed E-state index contributed by atoms with van der Waals surface area (Å²) in [5, 5.41) is 11.6. The number of amides is 1. The molecule has 0 bridgehead atoms. The molecule has 0 saturated heterocycles. The predicted octanol–water partition coefficient (Wildman–Crippen LogP) is 1.46. The van der Waals surface area contributed by atoms with E-state index in [1.54, 1.807) is 0 Å². The molecule has 0 rings (SSSR count). The predicted molar refractivity (Wildman–Crippen MR) is 70.2 cm³/mol. The van der Waals surface area contributed by atoms with E-state index in [0.29, 0.717) is 13.0 Å². The van der Waals surface area contributed by atoms with E-state index in [0.717, 1.165) is 19.3 Å². The summed E-state index contributed by atoms with van der Waals surface area (Å²) in [4.78, 5) is 10.6. The van der Waals surface area contributed by atoms with Crippen molar-refractivity contribution in [2.24, 2.45) is 5.73 Å². The molecule has 0 aliphatic heterocycles. The molecule has 0 saturated carbocycles. The summed E-state index contributed by atoms with van der Waals surface area (Å²) in [6.07, 6.45) is 8.88. The first-order valence-electron chi connectivity index (χ1n) is 6.06. The van der Waals surface area contributed by atoms with Crippen LogP contribution in [0.25, 0.3) is 0 Å². The Kier molecular flexibility index (Phi) is 9.38. The van der Waals surface area contributed by atoms with Crippen LogP contribution in [0.5, 0.6) is 0 Å². The van der Waals surface area contributed by atoms with Crippen LogP contribution in [0.15, 0.2) is 23.8 Å². The van der Waals surface area contributed by atoms with E-state index in [-0.39, 0.29) is 5.91 Å². The Morgan fingerprint density at radius 2 is 2.18 bits per heavy atom. The Bertz CT molecular complexity index is 271. The van der Waals surface area contributed by atoms with Gasteiger partial charge in [-0.05, 0) is 32.6 Å². The average molecular weight is 240 g/mol. The molecular weight excluding hydrogens is 216 g/mol. The number of unbranched alkanes of at least 4 members (excludes halogenated alkanes) is 1. The lowest BCUT2D eigenvalue weighted by Gasteiger charge is -2.04. The number of carbonyl (C=O) groups excluding carboxylic acids is 1. The molecule has 0 aromatic carbocycles. The number of nitrogens with two attached hydrogens (primary N) is 1. The molecule has 0 fully saturated rings. The minimum absolute atomic E-state index is 0.0198. The molecule has 4 N–H and O–H groups in total. The van der Waals surface area contributed by atoms with Crippen molar-refractivity contribution >= 4 is 5.91 Å². The van der Waals surface area contributed by atoms with E-state index in [2.05, 4.69) is 11.4 Å². The van der Waals surface area contributed by atoms with Crippen molar-refractivity contribution in [3.05, 3.63) is 23.8 Å². The van der Waals surface area contributed by atoms with Crippen molar-refractivity contribution in [3.8, 4) is 0 Å². The van der Waals surface area contributed by atoms with Crippen molar-refractivity contribution in [2.45, 2.75) is 45.8 Å². The Morgan fingerprint density at radius 3 is 2.71 bits per heavy atom. The highest BCUT2D eigenvalue weighted by atomic mass is 16.3. The minimum Gasteiger partial charge on any atom is -0.379 e. The van der Waals surface area contributed by atoms with Gasteiger partial charge in [-0.25, -0.2) is 0 Å². The Morgan fingerprint density at radius 1 is 1.47 bits per heavy atom. The van der Waals surface area contributed by atoms with Crippen molar-refractivity contribution < 1.29 is 9.90 Å². The Hall–Kier alpha value is -1.13. The lowest BCUT2D eigenvalue weighted by Crippen LogP contribution is -2.19. The highest BCUT2D eigenvalue weighted by Gasteiger charge is 1.97. The van der Waals surface area contributed by atoms with E-state index in [1.807, 2.05) is 19.1 Å². The van der Waals surface area contributed by atoms with Crippen molar-refractivity contribution in [3.63, 3.8) is 0 Å². The smallest absolute Gasteiger partial charge is 0.217 e. The van der Waals surface area contributed by atoms with Gasteiger partial charge < -0.3 is 16.2 Å². The van der Waals surface area contributed by atoms with E-state index in [9.17, 15) is 4.79 Å². The number of hydrogen-bond donors (Lipinski definition) is 3. The van der Waals surface area contributed by atoms with Gasteiger partial charge in [0.2, 0.25) is 5.91 Å². The molecule has 4 heteroatoms. The quantitative estimate of drug-likeness (QED) is 0.341. The fourth-order valence-corrected chi connectivity index (χ4v) is 1.42. The molecule has 4 nitrogen and oxygen atoms in total. The molecule has 1 unspecified atom stereocenters. The van der Waals surface area contributed by atoms with Gasteiger partial charge in [-0.2, -0.15) is 0 Å². The SMILES string of the molecule is C/C=C(\C=C/CNC(C)=O)CCCCC(N)O. The van der Waals surface area contributed by atoms with Gasteiger partial charge in [0.15, 0.2) is 0 Å². The standard InChI is InChI=1S/C13H24N2O2/c1-3-12(7-4-5-9-13(14)17)8-6-10-15-11(2)16/h3,6,8,13,17H,4-5,7,9-10,14H2,1-2H3,(H,15,16)/b8-6-,12-3-. The molecule has 17 heavy (non-hydrogen) atoms. The fraction of sp³-hybridized carbons (Fsp3) is 0.615.